The van der Waals surface area contributed by atoms with Crippen LogP contribution in [-0.4, -0.2) is 29.6 Å². The van der Waals surface area contributed by atoms with Gasteiger partial charge in [-0.15, -0.1) is 0 Å². The van der Waals surface area contributed by atoms with E-state index in [1.54, 1.807) is 25.1 Å². The van der Waals surface area contributed by atoms with Gasteiger partial charge >= 0.3 is 6.03 Å². The first kappa shape index (κ1) is 24.7. The van der Waals surface area contributed by atoms with E-state index in [0.717, 1.165) is 4.90 Å². The lowest BCUT2D eigenvalue weighted by Gasteiger charge is -2.26. The molecule has 184 valence electrons. The fourth-order valence-corrected chi connectivity index (χ4v) is 3.74. The number of nitrogens with one attached hydrogen (secondary N) is 1. The molecule has 3 aromatic rings. The first-order valence-electron chi connectivity index (χ1n) is 10.8. The maximum atomic E-state index is 13.2. The molecule has 0 aromatic heterocycles. The van der Waals surface area contributed by atoms with Gasteiger partial charge in [0.15, 0.2) is 11.5 Å². The fraction of sp³-hybridized carbons (Fsp3) is 0.115. The highest BCUT2D eigenvalue weighted by Gasteiger charge is 2.36. The molecular formula is C26H20ClFN2O6. The number of imide groups is 2. The molecule has 8 nitrogen and oxygen atoms in total. The Balaban J connectivity index is 1.65. The van der Waals surface area contributed by atoms with E-state index >= 15 is 0 Å². The summed E-state index contributed by atoms with van der Waals surface area (Å²) >= 11 is 6.45. The molecule has 1 saturated heterocycles. The maximum Gasteiger partial charge on any atom is 0.335 e. The van der Waals surface area contributed by atoms with Crippen LogP contribution in [0.15, 0.2) is 66.2 Å². The van der Waals surface area contributed by atoms with Gasteiger partial charge in [0.1, 0.15) is 23.7 Å². The zero-order chi connectivity index (χ0) is 25.8. The summed E-state index contributed by atoms with van der Waals surface area (Å²) in [7, 11) is 0. The molecule has 2 N–H and O–H groups in total. The number of anilines is 1. The van der Waals surface area contributed by atoms with Gasteiger partial charge in [-0.25, -0.2) is 14.1 Å². The SMILES string of the molecule is CCOc1cc(/C=C2\C(=O)NC(=O)N(c3ccc(O)cc3)C2=O)cc(Cl)c1OCc1ccc(F)cc1. The van der Waals surface area contributed by atoms with Gasteiger partial charge in [-0.1, -0.05) is 23.7 Å². The molecule has 0 radical (unpaired) electrons. The number of phenolic OH excluding ortho intramolecular Hbond substituents is 1. The van der Waals surface area contributed by atoms with Gasteiger partial charge in [-0.3, -0.25) is 14.9 Å². The van der Waals surface area contributed by atoms with E-state index in [1.807, 2.05) is 0 Å². The van der Waals surface area contributed by atoms with E-state index < -0.39 is 17.8 Å². The first-order chi connectivity index (χ1) is 17.3. The number of benzene rings is 3. The Morgan fingerprint density at radius 3 is 2.39 bits per heavy atom. The standard InChI is InChI=1S/C26H20ClFN2O6/c1-2-35-22-13-16(12-21(27)23(22)36-14-15-3-5-17(28)6-4-15)11-20-24(32)29-26(34)30(25(20)33)18-7-9-19(31)10-8-18/h3-13,31H,2,14H2,1H3,(H,29,32,34)/b20-11+. The summed E-state index contributed by atoms with van der Waals surface area (Å²) in [5.41, 5.74) is 0.938. The third kappa shape index (κ3) is 5.31. The number of carbonyl (C=O) groups excluding carboxylic acids is 3. The van der Waals surface area contributed by atoms with Crippen molar-refractivity contribution in [2.24, 2.45) is 0 Å². The van der Waals surface area contributed by atoms with Crippen LogP contribution in [0.1, 0.15) is 18.1 Å². The van der Waals surface area contributed by atoms with Gasteiger partial charge in [0, 0.05) is 0 Å². The second kappa shape index (κ2) is 10.5. The largest absolute Gasteiger partial charge is 0.508 e. The molecule has 1 fully saturated rings. The highest BCUT2D eigenvalue weighted by molar-refractivity contribution is 6.39. The Kier molecular flexibility index (Phi) is 7.21. The van der Waals surface area contributed by atoms with E-state index in [4.69, 9.17) is 21.1 Å². The summed E-state index contributed by atoms with van der Waals surface area (Å²) in [6, 6.07) is 13.3. The smallest absolute Gasteiger partial charge is 0.335 e. The van der Waals surface area contributed by atoms with Gasteiger partial charge in [0.25, 0.3) is 11.8 Å². The van der Waals surface area contributed by atoms with Crippen molar-refractivity contribution in [3.05, 3.63) is 88.2 Å². The molecule has 4 amide bonds. The molecule has 0 unspecified atom stereocenters. The van der Waals surface area contributed by atoms with Crippen LogP contribution in [0.2, 0.25) is 5.02 Å². The van der Waals surface area contributed by atoms with Crippen molar-refractivity contribution in [2.75, 3.05) is 11.5 Å². The topological polar surface area (TPSA) is 105 Å². The zero-order valence-electron chi connectivity index (χ0n) is 19.0. The minimum atomic E-state index is -0.912. The van der Waals surface area contributed by atoms with Gasteiger partial charge in [-0.05, 0) is 72.7 Å². The van der Waals surface area contributed by atoms with E-state index in [0.29, 0.717) is 11.1 Å². The summed E-state index contributed by atoms with van der Waals surface area (Å²) in [4.78, 5) is 38.7. The number of urea groups is 1. The molecule has 0 spiro atoms. The number of rotatable bonds is 7. The number of amides is 4. The molecular weight excluding hydrogens is 491 g/mol. The number of carbonyl (C=O) groups is 3. The molecule has 1 heterocycles. The lowest BCUT2D eigenvalue weighted by molar-refractivity contribution is -0.122. The molecule has 4 rings (SSSR count). The van der Waals surface area contributed by atoms with Gasteiger partial charge in [0.05, 0.1) is 17.3 Å². The first-order valence-corrected chi connectivity index (χ1v) is 11.2. The summed E-state index contributed by atoms with van der Waals surface area (Å²) in [5, 5.41) is 11.8. The van der Waals surface area contributed by atoms with Crippen molar-refractivity contribution in [3.8, 4) is 17.2 Å². The molecule has 0 atom stereocenters. The zero-order valence-corrected chi connectivity index (χ0v) is 19.7. The number of barbiturate groups is 1. The summed E-state index contributed by atoms with van der Waals surface area (Å²) in [6.45, 7) is 2.15. The van der Waals surface area contributed by atoms with Crippen molar-refractivity contribution >= 4 is 41.2 Å². The third-order valence-corrected chi connectivity index (χ3v) is 5.43. The number of aromatic hydroxyl groups is 1. The lowest BCUT2D eigenvalue weighted by Crippen LogP contribution is -2.54. The van der Waals surface area contributed by atoms with Crippen LogP contribution in [0, 0.1) is 5.82 Å². The maximum absolute atomic E-state index is 13.2. The quantitative estimate of drug-likeness (QED) is 0.348. The second-order valence-electron chi connectivity index (χ2n) is 7.65. The highest BCUT2D eigenvalue weighted by atomic mass is 35.5. The number of hydrogen-bond acceptors (Lipinski definition) is 6. The van der Waals surface area contributed by atoms with Crippen molar-refractivity contribution in [3.63, 3.8) is 0 Å². The summed E-state index contributed by atoms with van der Waals surface area (Å²) < 4.78 is 24.6. The molecule has 0 bridgehead atoms. The average molecular weight is 511 g/mol. The van der Waals surface area contributed by atoms with Gasteiger partial charge < -0.3 is 14.6 Å². The van der Waals surface area contributed by atoms with Crippen LogP contribution >= 0.6 is 11.6 Å². The number of phenols is 1. The van der Waals surface area contributed by atoms with Crippen LogP contribution in [0.25, 0.3) is 6.08 Å². The minimum absolute atomic E-state index is 0.0460. The molecule has 10 heteroatoms. The minimum Gasteiger partial charge on any atom is -0.508 e. The molecule has 0 aliphatic carbocycles. The predicted molar refractivity (Wildman–Crippen MR) is 130 cm³/mol. The lowest BCUT2D eigenvalue weighted by atomic mass is 10.1. The monoisotopic (exact) mass is 510 g/mol. The number of hydrogen-bond donors (Lipinski definition) is 2. The van der Waals surface area contributed by atoms with Crippen molar-refractivity contribution < 1.29 is 33.4 Å². The Morgan fingerprint density at radius 2 is 1.72 bits per heavy atom. The fourth-order valence-electron chi connectivity index (χ4n) is 3.47. The van der Waals surface area contributed by atoms with Crippen LogP contribution in [0.3, 0.4) is 0 Å². The highest BCUT2D eigenvalue weighted by Crippen LogP contribution is 2.38. The van der Waals surface area contributed by atoms with Crippen molar-refractivity contribution in [2.45, 2.75) is 13.5 Å². The van der Waals surface area contributed by atoms with E-state index in [-0.39, 0.29) is 52.6 Å². The molecule has 0 saturated carbocycles. The summed E-state index contributed by atoms with van der Waals surface area (Å²) in [5.74, 6) is -1.61. The Labute approximate surface area is 210 Å². The van der Waals surface area contributed by atoms with E-state index in [1.165, 1.54) is 48.5 Å². The predicted octanol–water partition coefficient (Wildman–Crippen LogP) is 4.83. The second-order valence-corrected chi connectivity index (χ2v) is 8.06. The molecule has 36 heavy (non-hydrogen) atoms. The van der Waals surface area contributed by atoms with Gasteiger partial charge in [0.2, 0.25) is 0 Å². The van der Waals surface area contributed by atoms with Crippen LogP contribution in [-0.2, 0) is 16.2 Å². The van der Waals surface area contributed by atoms with Crippen molar-refractivity contribution in [1.82, 2.24) is 5.32 Å². The van der Waals surface area contributed by atoms with Gasteiger partial charge in [-0.2, -0.15) is 0 Å². The number of nitrogens with zero attached hydrogens (tertiary/aromatic N) is 1. The molecule has 1 aliphatic rings. The Bertz CT molecular complexity index is 1360. The molecule has 1 aliphatic heterocycles. The number of ether oxygens (including phenoxy) is 2. The normalized spacial score (nSPS) is 14.7. The Hall–Kier alpha value is -4.37. The van der Waals surface area contributed by atoms with Crippen molar-refractivity contribution in [1.29, 1.82) is 0 Å². The van der Waals surface area contributed by atoms with Crippen LogP contribution in [0.4, 0.5) is 14.9 Å². The van der Waals surface area contributed by atoms with E-state index in [9.17, 15) is 23.9 Å². The van der Waals surface area contributed by atoms with Crippen LogP contribution < -0.4 is 19.7 Å². The summed E-state index contributed by atoms with van der Waals surface area (Å²) in [6.07, 6.45) is 1.29. The number of halogens is 2. The van der Waals surface area contributed by atoms with Crippen LogP contribution in [0.5, 0.6) is 17.2 Å². The molecule has 3 aromatic carbocycles. The Morgan fingerprint density at radius 1 is 1.03 bits per heavy atom. The third-order valence-electron chi connectivity index (χ3n) is 5.15. The average Bonchev–Trinajstić information content (AvgIpc) is 2.83. The van der Waals surface area contributed by atoms with E-state index in [2.05, 4.69) is 5.32 Å².